The predicted molar refractivity (Wildman–Crippen MR) is 69.6 cm³/mol. The van der Waals surface area contributed by atoms with Gasteiger partial charge >= 0.3 is 6.16 Å². The van der Waals surface area contributed by atoms with Gasteiger partial charge in [-0.15, -0.1) is 0 Å². The third-order valence-corrected chi connectivity index (χ3v) is 3.10. The summed E-state index contributed by atoms with van der Waals surface area (Å²) < 4.78 is 4.76. The highest BCUT2D eigenvalue weighted by Gasteiger charge is 2.23. The van der Waals surface area contributed by atoms with Crippen LogP contribution in [0.1, 0.15) is 12.8 Å². The van der Waals surface area contributed by atoms with Gasteiger partial charge in [-0.05, 0) is 18.2 Å². The van der Waals surface area contributed by atoms with Gasteiger partial charge in [0.05, 0.1) is 11.4 Å². The van der Waals surface area contributed by atoms with Crippen LogP contribution in [0, 0.1) is 0 Å². The van der Waals surface area contributed by atoms with Crippen molar-refractivity contribution in [3.8, 4) is 0 Å². The number of carboxylic acid groups (broad SMARTS) is 1. The summed E-state index contributed by atoms with van der Waals surface area (Å²) in [7, 11) is 0. The standard InChI is InChI=1S/C12H17N3O3/c13-8-1-2-11(10(14)7-8)15-5-3-9(4-6-15)18-12(16)17/h1-2,7,9H,3-6,13-14H2,(H,16,17). The van der Waals surface area contributed by atoms with Crippen molar-refractivity contribution >= 4 is 23.2 Å². The lowest BCUT2D eigenvalue weighted by molar-refractivity contribution is 0.0416. The van der Waals surface area contributed by atoms with Crippen LogP contribution in [0.3, 0.4) is 0 Å². The number of nitrogens with two attached hydrogens (primary N) is 2. The molecule has 18 heavy (non-hydrogen) atoms. The lowest BCUT2D eigenvalue weighted by Crippen LogP contribution is -2.38. The molecule has 0 amide bonds. The number of nitrogen functional groups attached to an aromatic ring is 2. The molecular formula is C12H17N3O3. The molecule has 0 bridgehead atoms. The Kier molecular flexibility index (Phi) is 3.45. The molecule has 1 aliphatic heterocycles. The zero-order valence-corrected chi connectivity index (χ0v) is 10.0. The molecular weight excluding hydrogens is 234 g/mol. The van der Waals surface area contributed by atoms with Gasteiger partial charge in [-0.3, -0.25) is 0 Å². The van der Waals surface area contributed by atoms with Gasteiger partial charge in [0.25, 0.3) is 0 Å². The minimum absolute atomic E-state index is 0.214. The van der Waals surface area contributed by atoms with E-state index in [9.17, 15) is 4.79 Å². The van der Waals surface area contributed by atoms with Crippen LogP contribution in [0.5, 0.6) is 0 Å². The number of rotatable bonds is 2. The second-order valence-electron chi connectivity index (χ2n) is 4.39. The summed E-state index contributed by atoms with van der Waals surface area (Å²) in [6, 6.07) is 5.43. The SMILES string of the molecule is Nc1ccc(N2CCC(OC(=O)O)CC2)c(N)c1. The van der Waals surface area contributed by atoms with E-state index in [1.165, 1.54) is 0 Å². The number of anilines is 3. The molecule has 6 nitrogen and oxygen atoms in total. The largest absolute Gasteiger partial charge is 0.506 e. The summed E-state index contributed by atoms with van der Waals surface area (Å²) in [5, 5.41) is 8.55. The quantitative estimate of drug-likeness (QED) is 0.544. The van der Waals surface area contributed by atoms with Crippen molar-refractivity contribution in [2.24, 2.45) is 0 Å². The molecule has 1 aliphatic rings. The number of piperidine rings is 1. The Morgan fingerprint density at radius 1 is 1.33 bits per heavy atom. The molecule has 0 aliphatic carbocycles. The minimum atomic E-state index is -1.21. The molecule has 6 heteroatoms. The molecule has 1 saturated heterocycles. The molecule has 1 aromatic rings. The first kappa shape index (κ1) is 12.3. The maximum absolute atomic E-state index is 10.4. The fourth-order valence-corrected chi connectivity index (χ4v) is 2.22. The van der Waals surface area contributed by atoms with E-state index >= 15 is 0 Å². The van der Waals surface area contributed by atoms with E-state index < -0.39 is 6.16 Å². The van der Waals surface area contributed by atoms with Crippen molar-refractivity contribution in [2.75, 3.05) is 29.5 Å². The molecule has 0 saturated carbocycles. The molecule has 1 aromatic carbocycles. The Hall–Kier alpha value is -2.11. The average molecular weight is 251 g/mol. The minimum Gasteiger partial charge on any atom is -0.450 e. The summed E-state index contributed by atoms with van der Waals surface area (Å²) in [6.07, 6.45) is -0.0686. The zero-order chi connectivity index (χ0) is 13.1. The number of carbonyl (C=O) groups is 1. The monoisotopic (exact) mass is 251 g/mol. The predicted octanol–water partition coefficient (Wildman–Crippen LogP) is 1.51. The van der Waals surface area contributed by atoms with Crippen LogP contribution in [0.2, 0.25) is 0 Å². The van der Waals surface area contributed by atoms with E-state index in [-0.39, 0.29) is 6.10 Å². The van der Waals surface area contributed by atoms with Crippen LogP contribution < -0.4 is 16.4 Å². The summed E-state index contributed by atoms with van der Waals surface area (Å²) in [5.41, 5.74) is 13.8. The average Bonchev–Trinajstić information content (AvgIpc) is 2.30. The molecule has 0 spiro atoms. The first-order valence-corrected chi connectivity index (χ1v) is 5.86. The third-order valence-electron chi connectivity index (χ3n) is 3.10. The van der Waals surface area contributed by atoms with Crippen molar-refractivity contribution in [1.29, 1.82) is 0 Å². The van der Waals surface area contributed by atoms with Crippen molar-refractivity contribution in [2.45, 2.75) is 18.9 Å². The van der Waals surface area contributed by atoms with Crippen LogP contribution >= 0.6 is 0 Å². The molecule has 5 N–H and O–H groups in total. The number of benzene rings is 1. The Balaban J connectivity index is 1.99. The number of nitrogens with zero attached hydrogens (tertiary/aromatic N) is 1. The zero-order valence-electron chi connectivity index (χ0n) is 10.0. The van der Waals surface area contributed by atoms with Gasteiger partial charge in [-0.2, -0.15) is 0 Å². The summed E-state index contributed by atoms with van der Waals surface area (Å²) >= 11 is 0. The number of hydrogen-bond donors (Lipinski definition) is 3. The molecule has 0 radical (unpaired) electrons. The van der Waals surface area contributed by atoms with Gasteiger partial charge in [0, 0.05) is 31.6 Å². The van der Waals surface area contributed by atoms with Crippen LogP contribution in [0.15, 0.2) is 18.2 Å². The lowest BCUT2D eigenvalue weighted by atomic mass is 10.1. The van der Waals surface area contributed by atoms with Crippen LogP contribution in [0.4, 0.5) is 21.9 Å². The van der Waals surface area contributed by atoms with Gasteiger partial charge in [-0.1, -0.05) is 0 Å². The van der Waals surface area contributed by atoms with E-state index in [0.29, 0.717) is 24.2 Å². The lowest BCUT2D eigenvalue weighted by Gasteiger charge is -2.33. The fraction of sp³-hybridized carbons (Fsp3) is 0.417. The van der Waals surface area contributed by atoms with E-state index in [1.807, 2.05) is 12.1 Å². The van der Waals surface area contributed by atoms with Crippen LogP contribution in [0.25, 0.3) is 0 Å². The second kappa shape index (κ2) is 5.03. The maximum atomic E-state index is 10.4. The van der Waals surface area contributed by atoms with Gasteiger partial charge in [0.1, 0.15) is 6.10 Å². The first-order chi connectivity index (χ1) is 8.56. The van der Waals surface area contributed by atoms with Crippen molar-refractivity contribution in [3.63, 3.8) is 0 Å². The highest BCUT2D eigenvalue weighted by molar-refractivity contribution is 5.72. The molecule has 98 valence electrons. The summed E-state index contributed by atoms with van der Waals surface area (Å²) in [5.74, 6) is 0. The fourth-order valence-electron chi connectivity index (χ4n) is 2.22. The van der Waals surface area contributed by atoms with Crippen molar-refractivity contribution in [3.05, 3.63) is 18.2 Å². The Morgan fingerprint density at radius 2 is 2.00 bits per heavy atom. The van der Waals surface area contributed by atoms with Gasteiger partial charge in [0.2, 0.25) is 0 Å². The van der Waals surface area contributed by atoms with E-state index in [1.54, 1.807) is 6.07 Å². The van der Waals surface area contributed by atoms with Crippen molar-refractivity contribution < 1.29 is 14.6 Å². The smallest absolute Gasteiger partial charge is 0.450 e. The van der Waals surface area contributed by atoms with Crippen molar-refractivity contribution in [1.82, 2.24) is 0 Å². The maximum Gasteiger partial charge on any atom is 0.506 e. The topological polar surface area (TPSA) is 102 Å². The van der Waals surface area contributed by atoms with E-state index in [2.05, 4.69) is 4.90 Å². The summed E-state index contributed by atoms with van der Waals surface area (Å²) in [6.45, 7) is 1.46. The van der Waals surface area contributed by atoms with E-state index in [4.69, 9.17) is 21.3 Å². The Morgan fingerprint density at radius 3 is 2.56 bits per heavy atom. The summed E-state index contributed by atoms with van der Waals surface area (Å²) in [4.78, 5) is 12.6. The van der Waals surface area contributed by atoms with E-state index in [0.717, 1.165) is 18.8 Å². The van der Waals surface area contributed by atoms with Crippen LogP contribution in [-0.4, -0.2) is 30.5 Å². The number of hydrogen-bond acceptors (Lipinski definition) is 5. The second-order valence-corrected chi connectivity index (χ2v) is 4.39. The first-order valence-electron chi connectivity index (χ1n) is 5.86. The van der Waals surface area contributed by atoms with Crippen LogP contribution in [-0.2, 0) is 4.74 Å². The van der Waals surface area contributed by atoms with Gasteiger partial charge in [-0.25, -0.2) is 4.79 Å². The molecule has 0 unspecified atom stereocenters. The molecule has 1 heterocycles. The molecule has 1 fully saturated rings. The normalized spacial score (nSPS) is 16.6. The van der Waals surface area contributed by atoms with Gasteiger partial charge < -0.3 is 26.2 Å². The highest BCUT2D eigenvalue weighted by atomic mass is 16.7. The number of ether oxygens (including phenoxy) is 1. The molecule has 2 rings (SSSR count). The highest BCUT2D eigenvalue weighted by Crippen LogP contribution is 2.28. The Labute approximate surface area is 105 Å². The van der Waals surface area contributed by atoms with Gasteiger partial charge in [0.15, 0.2) is 0 Å². The third kappa shape index (κ3) is 2.77. The molecule has 0 atom stereocenters. The molecule has 0 aromatic heterocycles. The Bertz CT molecular complexity index is 442.